The number of hydrogen-bond donors (Lipinski definition) is 1. The Labute approximate surface area is 129 Å². The van der Waals surface area contributed by atoms with Crippen molar-refractivity contribution in [2.45, 2.75) is 0 Å². The second-order valence-corrected chi connectivity index (χ2v) is 5.06. The van der Waals surface area contributed by atoms with Gasteiger partial charge in [0.1, 0.15) is 10.8 Å². The zero-order valence-electron chi connectivity index (χ0n) is 10.5. The van der Waals surface area contributed by atoms with E-state index in [1.165, 1.54) is 6.20 Å². The first-order valence-electron chi connectivity index (χ1n) is 5.94. The molecule has 0 aliphatic carbocycles. The number of nitrogens with zero attached hydrogens (tertiary/aromatic N) is 3. The third kappa shape index (κ3) is 2.53. The van der Waals surface area contributed by atoms with Crippen molar-refractivity contribution in [2.75, 3.05) is 0 Å². The van der Waals surface area contributed by atoms with Gasteiger partial charge in [0, 0.05) is 17.1 Å². The summed E-state index contributed by atoms with van der Waals surface area (Å²) in [6.45, 7) is 0. The zero-order chi connectivity index (χ0) is 15.0. The van der Waals surface area contributed by atoms with Crippen LogP contribution >= 0.6 is 23.2 Å². The first-order chi connectivity index (χ1) is 10.1. The summed E-state index contributed by atoms with van der Waals surface area (Å²) in [5.74, 6) is -0.332. The van der Waals surface area contributed by atoms with Gasteiger partial charge in [0.25, 0.3) is 5.91 Å². The third-order valence-electron chi connectivity index (χ3n) is 2.90. The number of benzene rings is 1. The Morgan fingerprint density at radius 1 is 1.10 bits per heavy atom. The average molecular weight is 319 g/mol. The Hall–Kier alpha value is -2.24. The molecule has 2 heterocycles. The van der Waals surface area contributed by atoms with Crippen molar-refractivity contribution in [3.05, 3.63) is 52.4 Å². The lowest BCUT2D eigenvalue weighted by Crippen LogP contribution is -2.15. The van der Waals surface area contributed by atoms with E-state index in [2.05, 4.69) is 15.0 Å². The van der Waals surface area contributed by atoms with Crippen LogP contribution in [0.2, 0.25) is 10.2 Å². The molecule has 0 saturated carbocycles. The van der Waals surface area contributed by atoms with E-state index in [-0.39, 0.29) is 5.69 Å². The quantitative estimate of drug-likeness (QED) is 0.736. The molecule has 0 radical (unpaired) electrons. The molecule has 1 aromatic carbocycles. The first kappa shape index (κ1) is 13.7. The lowest BCUT2D eigenvalue weighted by atomic mass is 10.1. The summed E-state index contributed by atoms with van der Waals surface area (Å²) in [7, 11) is 0. The van der Waals surface area contributed by atoms with E-state index in [9.17, 15) is 4.79 Å². The van der Waals surface area contributed by atoms with Crippen LogP contribution in [0.3, 0.4) is 0 Å². The number of para-hydroxylation sites is 1. The van der Waals surface area contributed by atoms with Gasteiger partial charge in [0.05, 0.1) is 10.5 Å². The Morgan fingerprint density at radius 2 is 1.90 bits per heavy atom. The topological polar surface area (TPSA) is 81.8 Å². The van der Waals surface area contributed by atoms with Gasteiger partial charge in [-0.3, -0.25) is 4.79 Å². The average Bonchev–Trinajstić information content (AvgIpc) is 2.47. The number of amides is 1. The molecule has 0 aliphatic rings. The minimum Gasteiger partial charge on any atom is -0.364 e. The number of halogens is 2. The molecular weight excluding hydrogens is 311 g/mol. The molecule has 21 heavy (non-hydrogen) atoms. The number of pyridine rings is 1. The van der Waals surface area contributed by atoms with Crippen LogP contribution in [0.25, 0.3) is 22.3 Å². The van der Waals surface area contributed by atoms with Gasteiger partial charge in [-0.15, -0.1) is 0 Å². The van der Waals surface area contributed by atoms with Crippen molar-refractivity contribution in [1.29, 1.82) is 0 Å². The van der Waals surface area contributed by atoms with E-state index in [1.54, 1.807) is 30.3 Å². The van der Waals surface area contributed by atoms with Crippen LogP contribution in [0.4, 0.5) is 0 Å². The van der Waals surface area contributed by atoms with Gasteiger partial charge in [-0.05, 0) is 18.2 Å². The Kier molecular flexibility index (Phi) is 3.45. The SMILES string of the molecule is NC(=O)c1nc(-c2ccc(Cl)nc2)nc2c(Cl)cccc12. The van der Waals surface area contributed by atoms with Crippen molar-refractivity contribution in [3.63, 3.8) is 0 Å². The summed E-state index contributed by atoms with van der Waals surface area (Å²) < 4.78 is 0. The van der Waals surface area contributed by atoms with E-state index in [0.717, 1.165) is 0 Å². The minimum atomic E-state index is -0.646. The minimum absolute atomic E-state index is 0.118. The maximum Gasteiger partial charge on any atom is 0.268 e. The highest BCUT2D eigenvalue weighted by molar-refractivity contribution is 6.35. The molecule has 0 aliphatic heterocycles. The largest absolute Gasteiger partial charge is 0.364 e. The lowest BCUT2D eigenvalue weighted by molar-refractivity contribution is 0.0997. The summed E-state index contributed by atoms with van der Waals surface area (Å²) in [4.78, 5) is 24.2. The molecule has 0 unspecified atom stereocenters. The highest BCUT2D eigenvalue weighted by atomic mass is 35.5. The van der Waals surface area contributed by atoms with Gasteiger partial charge in [-0.1, -0.05) is 35.3 Å². The number of fused-ring (bicyclic) bond motifs is 1. The first-order valence-corrected chi connectivity index (χ1v) is 6.70. The van der Waals surface area contributed by atoms with E-state index in [0.29, 0.717) is 32.5 Å². The fourth-order valence-electron chi connectivity index (χ4n) is 1.94. The number of rotatable bonds is 2. The van der Waals surface area contributed by atoms with Crippen LogP contribution < -0.4 is 5.73 Å². The maximum atomic E-state index is 11.6. The monoisotopic (exact) mass is 318 g/mol. The molecule has 3 aromatic rings. The van der Waals surface area contributed by atoms with Crippen molar-refractivity contribution in [1.82, 2.24) is 15.0 Å². The molecular formula is C14H8Cl2N4O. The highest BCUT2D eigenvalue weighted by Crippen LogP contribution is 2.26. The van der Waals surface area contributed by atoms with E-state index < -0.39 is 5.91 Å². The summed E-state index contributed by atoms with van der Waals surface area (Å²) in [5.41, 5.74) is 6.59. The molecule has 0 saturated heterocycles. The number of primary amides is 1. The van der Waals surface area contributed by atoms with Crippen LogP contribution in [0.1, 0.15) is 10.5 Å². The Morgan fingerprint density at radius 3 is 2.57 bits per heavy atom. The number of aromatic nitrogens is 3. The molecule has 0 atom stereocenters. The van der Waals surface area contributed by atoms with Crippen molar-refractivity contribution in [3.8, 4) is 11.4 Å². The molecule has 0 bridgehead atoms. The highest BCUT2D eigenvalue weighted by Gasteiger charge is 2.15. The second kappa shape index (κ2) is 5.27. The Balaban J connectivity index is 2.32. The van der Waals surface area contributed by atoms with E-state index >= 15 is 0 Å². The van der Waals surface area contributed by atoms with Crippen LogP contribution in [0.15, 0.2) is 36.5 Å². The Bertz CT molecular complexity index is 849. The van der Waals surface area contributed by atoms with Crippen molar-refractivity contribution < 1.29 is 4.79 Å². The van der Waals surface area contributed by atoms with Crippen molar-refractivity contribution >= 4 is 40.0 Å². The summed E-state index contributed by atoms with van der Waals surface area (Å²) in [5, 5.41) is 1.29. The van der Waals surface area contributed by atoms with Gasteiger partial charge in [0.15, 0.2) is 5.82 Å². The summed E-state index contributed by atoms with van der Waals surface area (Å²) in [6.07, 6.45) is 1.52. The van der Waals surface area contributed by atoms with Gasteiger partial charge >= 0.3 is 0 Å². The predicted octanol–water partition coefficient (Wildman–Crippen LogP) is 3.10. The van der Waals surface area contributed by atoms with Crippen molar-refractivity contribution in [2.24, 2.45) is 5.73 Å². The molecule has 2 N–H and O–H groups in total. The molecule has 7 heteroatoms. The normalized spacial score (nSPS) is 10.8. The van der Waals surface area contributed by atoms with Gasteiger partial charge in [-0.2, -0.15) is 0 Å². The van der Waals surface area contributed by atoms with Gasteiger partial charge in [-0.25, -0.2) is 15.0 Å². The standard InChI is InChI=1S/C14H8Cl2N4O/c15-9-3-1-2-8-11(9)19-14(20-12(8)13(17)21)7-4-5-10(16)18-6-7/h1-6H,(H2,17,21). The molecule has 1 amide bonds. The molecule has 0 spiro atoms. The van der Waals surface area contributed by atoms with Crippen LogP contribution in [-0.4, -0.2) is 20.9 Å². The number of carbonyl (C=O) groups excluding carboxylic acids is 1. The molecule has 3 rings (SSSR count). The van der Waals surface area contributed by atoms with Gasteiger partial charge in [0.2, 0.25) is 0 Å². The van der Waals surface area contributed by atoms with Crippen LogP contribution in [0, 0.1) is 0 Å². The predicted molar refractivity (Wildman–Crippen MR) is 81.3 cm³/mol. The van der Waals surface area contributed by atoms with Crippen LogP contribution in [0.5, 0.6) is 0 Å². The lowest BCUT2D eigenvalue weighted by Gasteiger charge is -2.07. The number of carbonyl (C=O) groups is 1. The molecule has 5 nitrogen and oxygen atoms in total. The number of nitrogens with two attached hydrogens (primary N) is 1. The third-order valence-corrected chi connectivity index (χ3v) is 3.42. The fourth-order valence-corrected chi connectivity index (χ4v) is 2.27. The second-order valence-electron chi connectivity index (χ2n) is 4.27. The molecule has 104 valence electrons. The van der Waals surface area contributed by atoms with E-state index in [4.69, 9.17) is 28.9 Å². The maximum absolute atomic E-state index is 11.6. The number of hydrogen-bond acceptors (Lipinski definition) is 4. The van der Waals surface area contributed by atoms with E-state index in [1.807, 2.05) is 0 Å². The van der Waals surface area contributed by atoms with Crippen LogP contribution in [-0.2, 0) is 0 Å². The fraction of sp³-hybridized carbons (Fsp3) is 0. The van der Waals surface area contributed by atoms with Gasteiger partial charge < -0.3 is 5.73 Å². The summed E-state index contributed by atoms with van der Waals surface area (Å²) in [6, 6.07) is 8.42. The summed E-state index contributed by atoms with van der Waals surface area (Å²) >= 11 is 11.9. The zero-order valence-corrected chi connectivity index (χ0v) is 12.1. The smallest absolute Gasteiger partial charge is 0.268 e. The molecule has 0 fully saturated rings. The molecule has 2 aromatic heterocycles.